The molecule has 1 rings (SSSR count). The minimum atomic E-state index is -4.47. The van der Waals surface area contributed by atoms with E-state index in [0.29, 0.717) is 12.1 Å². The SMILES string of the molecule is Cl.N[C@@H](CCC(F)(F)F)c1c(F)ccc(F)c1F. The van der Waals surface area contributed by atoms with E-state index in [0.717, 1.165) is 0 Å². The number of hydrogen-bond acceptors (Lipinski definition) is 1. The molecule has 0 aliphatic rings. The Morgan fingerprint density at radius 1 is 1.06 bits per heavy atom. The number of benzene rings is 1. The van der Waals surface area contributed by atoms with Gasteiger partial charge in [-0.25, -0.2) is 13.2 Å². The van der Waals surface area contributed by atoms with Crippen molar-refractivity contribution in [1.82, 2.24) is 0 Å². The predicted octanol–water partition coefficient (Wildman–Crippen LogP) is 3.87. The van der Waals surface area contributed by atoms with Crippen molar-refractivity contribution in [2.45, 2.75) is 25.1 Å². The molecule has 0 saturated carbocycles. The molecule has 0 spiro atoms. The van der Waals surface area contributed by atoms with E-state index in [-0.39, 0.29) is 12.4 Å². The van der Waals surface area contributed by atoms with Crippen molar-refractivity contribution in [3.05, 3.63) is 35.1 Å². The minimum absolute atomic E-state index is 0. The molecule has 0 amide bonds. The molecule has 0 aliphatic heterocycles. The molecule has 1 aromatic carbocycles. The fraction of sp³-hybridized carbons (Fsp3) is 0.400. The van der Waals surface area contributed by atoms with Crippen LogP contribution in [0.2, 0.25) is 0 Å². The maximum atomic E-state index is 13.2. The summed E-state index contributed by atoms with van der Waals surface area (Å²) in [6.45, 7) is 0. The van der Waals surface area contributed by atoms with E-state index in [2.05, 4.69) is 0 Å². The van der Waals surface area contributed by atoms with Gasteiger partial charge in [-0.1, -0.05) is 0 Å². The van der Waals surface area contributed by atoms with Crippen molar-refractivity contribution >= 4 is 12.4 Å². The van der Waals surface area contributed by atoms with E-state index in [1.54, 1.807) is 0 Å². The summed E-state index contributed by atoms with van der Waals surface area (Å²) in [4.78, 5) is 0. The highest BCUT2D eigenvalue weighted by Gasteiger charge is 2.29. The second-order valence-corrected chi connectivity index (χ2v) is 3.52. The molecular weight excluding hydrogens is 284 g/mol. The van der Waals surface area contributed by atoms with E-state index in [1.165, 1.54) is 0 Å². The summed E-state index contributed by atoms with van der Waals surface area (Å²) in [5.41, 5.74) is 4.37. The van der Waals surface area contributed by atoms with Crippen molar-refractivity contribution in [1.29, 1.82) is 0 Å². The second-order valence-electron chi connectivity index (χ2n) is 3.52. The van der Waals surface area contributed by atoms with Gasteiger partial charge in [0.1, 0.15) is 5.82 Å². The number of alkyl halides is 3. The summed E-state index contributed by atoms with van der Waals surface area (Å²) in [7, 11) is 0. The van der Waals surface area contributed by atoms with Crippen LogP contribution in [0.15, 0.2) is 12.1 Å². The zero-order valence-corrected chi connectivity index (χ0v) is 9.72. The molecule has 0 heterocycles. The number of halogens is 7. The molecule has 0 unspecified atom stereocenters. The maximum absolute atomic E-state index is 13.2. The topological polar surface area (TPSA) is 26.0 Å². The molecule has 0 radical (unpaired) electrons. The molecule has 8 heteroatoms. The molecule has 0 aliphatic carbocycles. The van der Waals surface area contributed by atoms with Crippen LogP contribution in [0, 0.1) is 17.5 Å². The Hall–Kier alpha value is -0.950. The van der Waals surface area contributed by atoms with Crippen molar-refractivity contribution in [3.63, 3.8) is 0 Å². The minimum Gasteiger partial charge on any atom is -0.324 e. The van der Waals surface area contributed by atoms with Gasteiger partial charge in [-0.15, -0.1) is 12.4 Å². The summed E-state index contributed by atoms with van der Waals surface area (Å²) < 4.78 is 74.7. The first kappa shape index (κ1) is 17.1. The van der Waals surface area contributed by atoms with Gasteiger partial charge < -0.3 is 5.73 Å². The molecule has 0 saturated heterocycles. The predicted molar refractivity (Wildman–Crippen MR) is 55.8 cm³/mol. The van der Waals surface area contributed by atoms with Crippen LogP contribution in [0.1, 0.15) is 24.4 Å². The average Bonchev–Trinajstić information content (AvgIpc) is 2.20. The van der Waals surface area contributed by atoms with Crippen LogP contribution in [0.5, 0.6) is 0 Å². The van der Waals surface area contributed by atoms with Gasteiger partial charge in [-0.3, -0.25) is 0 Å². The Kier molecular flexibility index (Phi) is 5.95. The molecule has 0 fully saturated rings. The third-order valence-corrected chi connectivity index (χ3v) is 2.19. The van der Waals surface area contributed by atoms with E-state index >= 15 is 0 Å². The highest BCUT2D eigenvalue weighted by Crippen LogP contribution is 2.29. The first-order valence-electron chi connectivity index (χ1n) is 4.68. The summed E-state index contributed by atoms with van der Waals surface area (Å²) >= 11 is 0. The lowest BCUT2D eigenvalue weighted by atomic mass is 10.0. The molecule has 0 aromatic heterocycles. The summed E-state index contributed by atoms with van der Waals surface area (Å²) in [5.74, 6) is -4.04. The lowest BCUT2D eigenvalue weighted by Crippen LogP contribution is -2.18. The largest absolute Gasteiger partial charge is 0.389 e. The molecule has 104 valence electrons. The Morgan fingerprint density at radius 3 is 2.06 bits per heavy atom. The summed E-state index contributed by atoms with van der Waals surface area (Å²) in [5, 5.41) is 0. The van der Waals surface area contributed by atoms with Gasteiger partial charge in [-0.05, 0) is 18.6 Å². The fourth-order valence-electron chi connectivity index (χ4n) is 1.35. The quantitative estimate of drug-likeness (QED) is 0.664. The molecule has 1 nitrogen and oxygen atoms in total. The third kappa shape index (κ3) is 4.38. The first-order chi connectivity index (χ1) is 7.72. The smallest absolute Gasteiger partial charge is 0.324 e. The molecule has 1 aromatic rings. The van der Waals surface area contributed by atoms with Gasteiger partial charge in [0, 0.05) is 18.0 Å². The van der Waals surface area contributed by atoms with Gasteiger partial charge in [-0.2, -0.15) is 13.2 Å². The maximum Gasteiger partial charge on any atom is 0.389 e. The Morgan fingerprint density at radius 2 is 1.56 bits per heavy atom. The van der Waals surface area contributed by atoms with E-state index < -0.39 is 48.1 Å². The van der Waals surface area contributed by atoms with Gasteiger partial charge in [0.05, 0.1) is 0 Å². The van der Waals surface area contributed by atoms with Gasteiger partial charge >= 0.3 is 6.18 Å². The molecular formula is C10H10ClF6N. The monoisotopic (exact) mass is 293 g/mol. The Balaban J connectivity index is 0.00000289. The first-order valence-corrected chi connectivity index (χ1v) is 4.68. The van der Waals surface area contributed by atoms with Gasteiger partial charge in [0.25, 0.3) is 0 Å². The van der Waals surface area contributed by atoms with Crippen LogP contribution in [-0.4, -0.2) is 6.18 Å². The van der Waals surface area contributed by atoms with Gasteiger partial charge in [0.2, 0.25) is 0 Å². The van der Waals surface area contributed by atoms with Crippen molar-refractivity contribution < 1.29 is 26.3 Å². The van der Waals surface area contributed by atoms with E-state index in [1.807, 2.05) is 0 Å². The highest BCUT2D eigenvalue weighted by atomic mass is 35.5. The van der Waals surface area contributed by atoms with Crippen LogP contribution >= 0.6 is 12.4 Å². The fourth-order valence-corrected chi connectivity index (χ4v) is 1.35. The molecule has 2 N–H and O–H groups in total. The van der Waals surface area contributed by atoms with Crippen LogP contribution in [-0.2, 0) is 0 Å². The zero-order chi connectivity index (χ0) is 13.2. The van der Waals surface area contributed by atoms with E-state index in [9.17, 15) is 26.3 Å². The van der Waals surface area contributed by atoms with E-state index in [4.69, 9.17) is 5.73 Å². The molecule has 1 atom stereocenters. The number of nitrogens with two attached hydrogens (primary N) is 1. The second kappa shape index (κ2) is 6.29. The summed E-state index contributed by atoms with van der Waals surface area (Å²) in [6.07, 6.45) is -6.47. The normalized spacial score (nSPS) is 13.1. The van der Waals surface area contributed by atoms with Crippen molar-refractivity contribution in [2.75, 3.05) is 0 Å². The third-order valence-electron chi connectivity index (χ3n) is 2.19. The zero-order valence-electron chi connectivity index (χ0n) is 8.90. The number of rotatable bonds is 3. The van der Waals surface area contributed by atoms with Gasteiger partial charge in [0.15, 0.2) is 11.6 Å². The average molecular weight is 294 g/mol. The van der Waals surface area contributed by atoms with Crippen molar-refractivity contribution in [2.24, 2.45) is 5.73 Å². The standard InChI is InChI=1S/C10H9F6N.ClH/c11-5-1-2-6(12)9(13)8(5)7(17)3-4-10(14,15)16;/h1-2,7H,3-4,17H2;1H/t7-;/m0./s1. The Bertz CT molecular complexity index is 406. The molecule has 0 bridgehead atoms. The molecule has 18 heavy (non-hydrogen) atoms. The number of hydrogen-bond donors (Lipinski definition) is 1. The van der Waals surface area contributed by atoms with Crippen LogP contribution in [0.25, 0.3) is 0 Å². The van der Waals surface area contributed by atoms with Crippen molar-refractivity contribution in [3.8, 4) is 0 Å². The lowest BCUT2D eigenvalue weighted by Gasteiger charge is -2.15. The summed E-state index contributed by atoms with van der Waals surface area (Å²) in [6, 6.07) is -0.362. The Labute approximate surface area is 105 Å². The van der Waals surface area contributed by atoms with Crippen LogP contribution in [0.4, 0.5) is 26.3 Å². The highest BCUT2D eigenvalue weighted by molar-refractivity contribution is 5.85. The lowest BCUT2D eigenvalue weighted by molar-refractivity contribution is -0.136. The van der Waals surface area contributed by atoms with Crippen LogP contribution < -0.4 is 5.73 Å². The van der Waals surface area contributed by atoms with Crippen LogP contribution in [0.3, 0.4) is 0 Å².